The van der Waals surface area contributed by atoms with Crippen molar-refractivity contribution in [1.29, 1.82) is 0 Å². The number of H-pyrrole nitrogens is 1. The molecule has 5 heteroatoms. The van der Waals surface area contributed by atoms with Crippen LogP contribution in [0.4, 0.5) is 11.5 Å². The van der Waals surface area contributed by atoms with Gasteiger partial charge < -0.3 is 10.3 Å². The summed E-state index contributed by atoms with van der Waals surface area (Å²) < 4.78 is 2.01. The molecule has 3 aromatic heterocycles. The molecule has 0 aliphatic heterocycles. The second-order valence-electron chi connectivity index (χ2n) is 7.06. The molecule has 0 bridgehead atoms. The van der Waals surface area contributed by atoms with Gasteiger partial charge in [-0.25, -0.2) is 4.98 Å². The van der Waals surface area contributed by atoms with Crippen molar-refractivity contribution in [2.75, 3.05) is 5.32 Å². The molecule has 4 nitrogen and oxygen atoms in total. The summed E-state index contributed by atoms with van der Waals surface area (Å²) in [4.78, 5) is 8.25. The van der Waals surface area contributed by atoms with Crippen LogP contribution in [-0.2, 0) is 0 Å². The molecule has 0 atom stereocenters. The normalized spacial score (nSPS) is 11.4. The molecule has 3 heterocycles. The Labute approximate surface area is 167 Å². The van der Waals surface area contributed by atoms with Gasteiger partial charge in [-0.3, -0.25) is 4.40 Å². The summed E-state index contributed by atoms with van der Waals surface area (Å²) in [5.41, 5.74) is 7.40. The molecule has 0 unspecified atom stereocenters. The van der Waals surface area contributed by atoms with Gasteiger partial charge in [0.05, 0.1) is 5.02 Å². The topological polar surface area (TPSA) is 45.1 Å². The zero-order valence-electron chi connectivity index (χ0n) is 15.6. The summed E-state index contributed by atoms with van der Waals surface area (Å²) in [7, 11) is 0. The predicted octanol–water partition coefficient (Wildman–Crippen LogP) is 6.50. The highest BCUT2D eigenvalue weighted by molar-refractivity contribution is 6.30. The molecule has 28 heavy (non-hydrogen) atoms. The molecule has 138 valence electrons. The highest BCUT2D eigenvalue weighted by atomic mass is 35.5. The number of hydrogen-bond donors (Lipinski definition) is 2. The maximum Gasteiger partial charge on any atom is 0.143 e. The highest BCUT2D eigenvalue weighted by Crippen LogP contribution is 2.36. The third-order valence-corrected chi connectivity index (χ3v) is 5.42. The van der Waals surface area contributed by atoms with Gasteiger partial charge in [-0.1, -0.05) is 35.9 Å². The number of anilines is 2. The number of imidazole rings is 1. The van der Waals surface area contributed by atoms with E-state index in [4.69, 9.17) is 16.6 Å². The number of pyridine rings is 1. The first-order valence-electron chi connectivity index (χ1n) is 9.18. The van der Waals surface area contributed by atoms with Crippen LogP contribution in [0.15, 0.2) is 67.0 Å². The van der Waals surface area contributed by atoms with Crippen LogP contribution < -0.4 is 5.32 Å². The van der Waals surface area contributed by atoms with Crippen LogP contribution in [0.1, 0.15) is 11.1 Å². The fraction of sp³-hybridized carbons (Fsp3) is 0.0870. The van der Waals surface area contributed by atoms with Gasteiger partial charge in [0.25, 0.3) is 0 Å². The van der Waals surface area contributed by atoms with Gasteiger partial charge >= 0.3 is 0 Å². The van der Waals surface area contributed by atoms with Crippen molar-refractivity contribution in [3.05, 3.63) is 83.1 Å². The first-order valence-corrected chi connectivity index (χ1v) is 9.56. The molecule has 0 fully saturated rings. The molecule has 0 aliphatic rings. The van der Waals surface area contributed by atoms with Gasteiger partial charge in [-0.2, -0.15) is 0 Å². The number of aromatic amines is 1. The number of aromatic nitrogens is 3. The average Bonchev–Trinajstić information content (AvgIpc) is 3.26. The van der Waals surface area contributed by atoms with Crippen molar-refractivity contribution >= 4 is 39.7 Å². The third kappa shape index (κ3) is 2.74. The van der Waals surface area contributed by atoms with E-state index in [1.807, 2.05) is 41.1 Å². The lowest BCUT2D eigenvalue weighted by Crippen LogP contribution is -1.97. The van der Waals surface area contributed by atoms with E-state index in [9.17, 15) is 0 Å². The summed E-state index contributed by atoms with van der Waals surface area (Å²) in [5.74, 6) is 0.894. The monoisotopic (exact) mass is 386 g/mol. The average molecular weight is 387 g/mol. The van der Waals surface area contributed by atoms with E-state index in [1.165, 1.54) is 11.1 Å². The first-order chi connectivity index (χ1) is 13.6. The second-order valence-corrected chi connectivity index (χ2v) is 7.49. The molecule has 5 rings (SSSR count). The van der Waals surface area contributed by atoms with Crippen molar-refractivity contribution in [3.63, 3.8) is 0 Å². The first kappa shape index (κ1) is 16.9. The van der Waals surface area contributed by atoms with Crippen molar-refractivity contribution in [3.8, 4) is 11.3 Å². The lowest BCUT2D eigenvalue weighted by Gasteiger charge is -2.11. The van der Waals surface area contributed by atoms with Crippen LogP contribution in [0.3, 0.4) is 0 Å². The minimum Gasteiger partial charge on any atom is -0.360 e. The highest BCUT2D eigenvalue weighted by Gasteiger charge is 2.18. The van der Waals surface area contributed by atoms with Crippen molar-refractivity contribution in [1.82, 2.24) is 14.4 Å². The summed E-state index contributed by atoms with van der Waals surface area (Å²) >= 11 is 6.29. The minimum atomic E-state index is 0.665. The van der Waals surface area contributed by atoms with Crippen LogP contribution in [-0.4, -0.2) is 14.4 Å². The van der Waals surface area contributed by atoms with Gasteiger partial charge in [0.1, 0.15) is 17.2 Å². The Morgan fingerprint density at radius 1 is 1.00 bits per heavy atom. The van der Waals surface area contributed by atoms with Crippen LogP contribution >= 0.6 is 11.6 Å². The largest absolute Gasteiger partial charge is 0.360 e. The Bertz CT molecular complexity index is 1330. The lowest BCUT2D eigenvalue weighted by atomic mass is 10.1. The number of fused-ring (bicyclic) bond motifs is 2. The summed E-state index contributed by atoms with van der Waals surface area (Å²) in [6, 6.07) is 18.4. The van der Waals surface area contributed by atoms with Crippen LogP contribution in [0, 0.1) is 13.8 Å². The Morgan fingerprint density at radius 2 is 1.86 bits per heavy atom. The summed E-state index contributed by atoms with van der Waals surface area (Å²) in [6.07, 6.45) is 3.91. The molecule has 2 aromatic carbocycles. The van der Waals surface area contributed by atoms with Gasteiger partial charge in [-0.15, -0.1) is 0 Å². The Balaban J connectivity index is 1.74. The van der Waals surface area contributed by atoms with Crippen molar-refractivity contribution < 1.29 is 0 Å². The number of hydrogen-bond acceptors (Lipinski definition) is 2. The van der Waals surface area contributed by atoms with Gasteiger partial charge in [0.2, 0.25) is 0 Å². The Morgan fingerprint density at radius 3 is 2.71 bits per heavy atom. The van der Waals surface area contributed by atoms with Crippen LogP contribution in [0.5, 0.6) is 0 Å². The molecule has 0 saturated carbocycles. The Hall–Kier alpha value is -3.24. The predicted molar refractivity (Wildman–Crippen MR) is 117 cm³/mol. The van der Waals surface area contributed by atoms with E-state index < -0.39 is 0 Å². The summed E-state index contributed by atoms with van der Waals surface area (Å²) in [6.45, 7) is 4.23. The van der Waals surface area contributed by atoms with Crippen LogP contribution in [0.25, 0.3) is 27.8 Å². The Kier molecular flexibility index (Phi) is 3.88. The van der Waals surface area contributed by atoms with E-state index in [0.717, 1.165) is 39.3 Å². The van der Waals surface area contributed by atoms with E-state index >= 15 is 0 Å². The molecule has 0 radical (unpaired) electrons. The second kappa shape index (κ2) is 6.43. The standard InChI is InChI=1S/C23H19ClN4/c1-14-7-9-17(11-15(14)2)26-23-22(27-21-10-8-16(24)13-28(21)23)19-12-25-20-6-4-3-5-18(19)20/h3-13,25-26H,1-2H3. The minimum absolute atomic E-state index is 0.665. The third-order valence-electron chi connectivity index (χ3n) is 5.20. The zero-order valence-corrected chi connectivity index (χ0v) is 16.4. The maximum atomic E-state index is 6.29. The number of para-hydroxylation sites is 1. The van der Waals surface area contributed by atoms with Crippen LogP contribution in [0.2, 0.25) is 5.02 Å². The van der Waals surface area contributed by atoms with E-state index in [0.29, 0.717) is 5.02 Å². The fourth-order valence-corrected chi connectivity index (χ4v) is 3.71. The molecule has 0 amide bonds. The SMILES string of the molecule is Cc1ccc(Nc2c(-c3c[nH]c4ccccc34)nc3ccc(Cl)cn23)cc1C. The zero-order chi connectivity index (χ0) is 19.3. The van der Waals surface area contributed by atoms with Gasteiger partial charge in [-0.05, 0) is 55.3 Å². The molecular weight excluding hydrogens is 368 g/mol. The van der Waals surface area contributed by atoms with Crippen molar-refractivity contribution in [2.24, 2.45) is 0 Å². The lowest BCUT2D eigenvalue weighted by molar-refractivity contribution is 1.18. The van der Waals surface area contributed by atoms with E-state index in [-0.39, 0.29) is 0 Å². The van der Waals surface area contributed by atoms with E-state index in [2.05, 4.69) is 54.5 Å². The quantitative estimate of drug-likeness (QED) is 0.372. The summed E-state index contributed by atoms with van der Waals surface area (Å²) in [5, 5.41) is 5.38. The fourth-order valence-electron chi connectivity index (χ4n) is 3.55. The number of benzene rings is 2. The smallest absolute Gasteiger partial charge is 0.143 e. The number of rotatable bonds is 3. The number of halogens is 1. The van der Waals surface area contributed by atoms with E-state index in [1.54, 1.807) is 0 Å². The number of nitrogens with zero attached hydrogens (tertiary/aromatic N) is 2. The molecule has 0 spiro atoms. The molecule has 2 N–H and O–H groups in total. The van der Waals surface area contributed by atoms with Gasteiger partial charge in [0, 0.05) is 34.5 Å². The van der Waals surface area contributed by atoms with Gasteiger partial charge in [0.15, 0.2) is 0 Å². The molecule has 0 saturated heterocycles. The molecular formula is C23H19ClN4. The number of nitrogens with one attached hydrogen (secondary N) is 2. The maximum absolute atomic E-state index is 6.29. The number of aryl methyl sites for hydroxylation is 2. The molecule has 0 aliphatic carbocycles. The van der Waals surface area contributed by atoms with Crippen molar-refractivity contribution in [2.45, 2.75) is 13.8 Å². The molecule has 5 aromatic rings.